The molecule has 0 radical (unpaired) electrons. The Kier molecular flexibility index (Phi) is 9.66. The van der Waals surface area contributed by atoms with Crippen molar-refractivity contribution in [3.05, 3.63) is 93.9 Å². The van der Waals surface area contributed by atoms with Crippen LogP contribution in [0.3, 0.4) is 0 Å². The van der Waals surface area contributed by atoms with Crippen molar-refractivity contribution < 1.29 is 35.5 Å². The largest absolute Gasteiger partial charge is 0.443 e. The van der Waals surface area contributed by atoms with Gasteiger partial charge in [-0.1, -0.05) is 43.7 Å². The lowest BCUT2D eigenvalue weighted by Gasteiger charge is -2.20. The summed E-state index contributed by atoms with van der Waals surface area (Å²) in [5, 5.41) is 4.19. The Balaban J connectivity index is 1.73. The van der Waals surface area contributed by atoms with Gasteiger partial charge >= 0.3 is 18.0 Å². The van der Waals surface area contributed by atoms with E-state index < -0.39 is 50.7 Å². The van der Waals surface area contributed by atoms with Crippen molar-refractivity contribution in [1.29, 1.82) is 0 Å². The summed E-state index contributed by atoms with van der Waals surface area (Å²) in [6.07, 6.45) is -4.50. The molecule has 0 spiro atoms. The number of benzene rings is 3. The van der Waals surface area contributed by atoms with Crippen LogP contribution < -0.4 is 16.1 Å². The highest BCUT2D eigenvalue weighted by molar-refractivity contribution is 7.90. The molecule has 0 aliphatic heterocycles. The third-order valence-corrected chi connectivity index (χ3v) is 8.10. The molecule has 0 bridgehead atoms. The Morgan fingerprint density at radius 3 is 2.37 bits per heavy atom. The molecule has 10 nitrogen and oxygen atoms in total. The number of sulfonamides is 1. The lowest BCUT2D eigenvalue weighted by atomic mass is 10.0. The highest BCUT2D eigenvalue weighted by Crippen LogP contribution is 2.34. The highest BCUT2D eigenvalue weighted by Gasteiger charge is 2.35. The molecule has 0 aliphatic carbocycles. The molecule has 0 aliphatic rings. The van der Waals surface area contributed by atoms with Crippen molar-refractivity contribution in [2.75, 3.05) is 5.73 Å². The van der Waals surface area contributed by atoms with Crippen LogP contribution in [0.1, 0.15) is 57.5 Å². The minimum absolute atomic E-state index is 0.000938. The third kappa shape index (κ3) is 7.76. The summed E-state index contributed by atoms with van der Waals surface area (Å²) in [5.41, 5.74) is 2.42. The van der Waals surface area contributed by atoms with Crippen LogP contribution in [0, 0.1) is 5.82 Å². The molecule has 15 heteroatoms. The molecule has 0 fully saturated rings. The van der Waals surface area contributed by atoms with Crippen molar-refractivity contribution >= 4 is 21.8 Å². The first-order valence-electron chi connectivity index (χ1n) is 14.2. The number of ether oxygens (including phenoxy) is 1. The Labute approximate surface area is 262 Å². The molecule has 3 N–H and O–H groups in total. The number of amides is 1. The predicted octanol–water partition coefficient (Wildman–Crippen LogP) is 6.05. The molecular weight excluding hydrogens is 630 g/mol. The van der Waals surface area contributed by atoms with Crippen molar-refractivity contribution in [3.63, 3.8) is 0 Å². The molecule has 1 heterocycles. The molecular formula is C31H33F4N5O5S. The zero-order chi connectivity index (χ0) is 34.0. The van der Waals surface area contributed by atoms with Crippen molar-refractivity contribution in [3.8, 4) is 16.8 Å². The van der Waals surface area contributed by atoms with Crippen molar-refractivity contribution in [2.45, 2.75) is 70.2 Å². The number of nitrogen functional groups attached to an aromatic ring is 1. The minimum Gasteiger partial charge on any atom is -0.443 e. The number of anilines is 1. The summed E-state index contributed by atoms with van der Waals surface area (Å²) < 4.78 is 91.8. The van der Waals surface area contributed by atoms with Crippen LogP contribution >= 0.6 is 0 Å². The van der Waals surface area contributed by atoms with Crippen LogP contribution in [-0.4, -0.2) is 34.5 Å². The van der Waals surface area contributed by atoms with Crippen LogP contribution in [0.15, 0.2) is 70.4 Å². The second-order valence-electron chi connectivity index (χ2n) is 11.5. The maximum absolute atomic E-state index is 15.6. The molecule has 246 valence electrons. The summed E-state index contributed by atoms with van der Waals surface area (Å²) in [4.78, 5) is 25.4. The van der Waals surface area contributed by atoms with E-state index in [1.165, 1.54) is 36.4 Å². The fourth-order valence-electron chi connectivity index (χ4n) is 4.65. The summed E-state index contributed by atoms with van der Waals surface area (Å²) in [6.45, 7) is 6.23. The number of halogens is 4. The second kappa shape index (κ2) is 13.0. The van der Waals surface area contributed by atoms with E-state index in [4.69, 9.17) is 10.5 Å². The Hall–Kier alpha value is -4.66. The van der Waals surface area contributed by atoms with E-state index in [1.807, 2.05) is 11.6 Å². The SMILES string of the molecule is CCCCc1nn(-c2cc(N)ccc2C(F)(F)F)c(=O)n1Cc1ccc(-c2ccccc2S(=O)(=O)NC(=O)OC(C)(C)C)cc1F. The van der Waals surface area contributed by atoms with Gasteiger partial charge in [-0.3, -0.25) is 4.57 Å². The number of aryl methyl sites for hydroxylation is 1. The molecule has 46 heavy (non-hydrogen) atoms. The quantitative estimate of drug-likeness (QED) is 0.164. The first-order valence-corrected chi connectivity index (χ1v) is 15.7. The van der Waals surface area contributed by atoms with Gasteiger partial charge in [0.1, 0.15) is 17.2 Å². The fourth-order valence-corrected chi connectivity index (χ4v) is 5.76. The fraction of sp³-hybridized carbons (Fsp3) is 0.323. The number of rotatable bonds is 9. The van der Waals surface area contributed by atoms with Crippen LogP contribution in [-0.2, 0) is 33.9 Å². The number of nitrogens with one attached hydrogen (secondary N) is 1. The molecule has 3 aromatic carbocycles. The molecule has 0 atom stereocenters. The van der Waals surface area contributed by atoms with Gasteiger partial charge in [-0.25, -0.2) is 27.1 Å². The van der Waals surface area contributed by atoms with Gasteiger partial charge < -0.3 is 10.5 Å². The number of hydrogen-bond acceptors (Lipinski definition) is 7. The van der Waals surface area contributed by atoms with Gasteiger partial charge in [-0.15, -0.1) is 5.10 Å². The van der Waals surface area contributed by atoms with E-state index >= 15 is 4.39 Å². The van der Waals surface area contributed by atoms with E-state index in [2.05, 4.69) is 5.10 Å². The number of hydrogen-bond donors (Lipinski definition) is 2. The Bertz CT molecular complexity index is 1930. The minimum atomic E-state index is -4.80. The molecule has 1 amide bonds. The molecule has 4 rings (SSSR count). The lowest BCUT2D eigenvalue weighted by molar-refractivity contribution is -0.137. The van der Waals surface area contributed by atoms with Gasteiger partial charge in [0.05, 0.1) is 22.7 Å². The van der Waals surface area contributed by atoms with E-state index in [1.54, 1.807) is 20.8 Å². The zero-order valence-corrected chi connectivity index (χ0v) is 26.3. The normalized spacial score (nSPS) is 12.3. The number of nitrogens with two attached hydrogens (primary N) is 1. The van der Waals surface area contributed by atoms with E-state index in [0.717, 1.165) is 28.8 Å². The van der Waals surface area contributed by atoms with Gasteiger partial charge in [0, 0.05) is 23.2 Å². The maximum Gasteiger partial charge on any atom is 0.421 e. The van der Waals surface area contributed by atoms with E-state index in [9.17, 15) is 31.2 Å². The number of unbranched alkanes of at least 4 members (excludes halogenated alkanes) is 1. The summed E-state index contributed by atoms with van der Waals surface area (Å²) in [6, 6.07) is 12.3. The maximum atomic E-state index is 15.6. The summed E-state index contributed by atoms with van der Waals surface area (Å²) in [5.74, 6) is -0.665. The van der Waals surface area contributed by atoms with E-state index in [0.29, 0.717) is 17.5 Å². The summed E-state index contributed by atoms with van der Waals surface area (Å²) >= 11 is 0. The van der Waals surface area contributed by atoms with E-state index in [-0.39, 0.29) is 46.1 Å². The Morgan fingerprint density at radius 2 is 1.74 bits per heavy atom. The standard InChI is InChI=1S/C31H33F4N5O5S/c1-5-6-11-27-37-40(25-17-21(36)14-15-23(25)31(33,34)35)29(42)39(27)18-20-13-12-19(16-24(20)32)22-9-7-8-10-26(22)46(43,44)38-28(41)45-30(2,3)4/h7-10,12-17H,5-6,11,18,36H2,1-4H3,(H,38,41). The predicted molar refractivity (Wildman–Crippen MR) is 163 cm³/mol. The molecule has 4 aromatic rings. The average molecular weight is 664 g/mol. The van der Waals surface area contributed by atoms with Crippen molar-refractivity contribution in [1.82, 2.24) is 19.1 Å². The average Bonchev–Trinajstić information content (AvgIpc) is 3.25. The van der Waals surface area contributed by atoms with Crippen LogP contribution in [0.25, 0.3) is 16.8 Å². The molecule has 0 saturated heterocycles. The molecule has 0 saturated carbocycles. The van der Waals surface area contributed by atoms with Gasteiger partial charge in [0.25, 0.3) is 10.0 Å². The first kappa shape index (κ1) is 34.2. The first-order chi connectivity index (χ1) is 21.4. The summed E-state index contributed by atoms with van der Waals surface area (Å²) in [7, 11) is -4.44. The molecule has 1 aromatic heterocycles. The monoisotopic (exact) mass is 663 g/mol. The molecule has 0 unspecified atom stereocenters. The van der Waals surface area contributed by atoms with Gasteiger partial charge in [0.15, 0.2) is 0 Å². The number of carbonyl (C=O) groups is 1. The number of nitrogens with zero attached hydrogens (tertiary/aromatic N) is 3. The van der Waals surface area contributed by atoms with Crippen LogP contribution in [0.2, 0.25) is 0 Å². The van der Waals surface area contributed by atoms with Crippen molar-refractivity contribution in [2.24, 2.45) is 0 Å². The number of alkyl halides is 3. The zero-order valence-electron chi connectivity index (χ0n) is 25.5. The smallest absolute Gasteiger partial charge is 0.421 e. The van der Waals surface area contributed by atoms with Crippen LogP contribution in [0.5, 0.6) is 0 Å². The number of carbonyl (C=O) groups excluding carboxylic acids is 1. The topological polar surface area (TPSA) is 138 Å². The Morgan fingerprint density at radius 1 is 1.04 bits per heavy atom. The van der Waals surface area contributed by atoms with Gasteiger partial charge in [-0.05, 0) is 63.1 Å². The van der Waals surface area contributed by atoms with Gasteiger partial charge in [0.2, 0.25) is 0 Å². The van der Waals surface area contributed by atoms with Crippen LogP contribution in [0.4, 0.5) is 28.0 Å². The van der Waals surface area contributed by atoms with Gasteiger partial charge in [-0.2, -0.15) is 17.9 Å². The third-order valence-electron chi connectivity index (χ3n) is 6.73. The number of aromatic nitrogens is 3. The second-order valence-corrected chi connectivity index (χ2v) is 13.1. The highest BCUT2D eigenvalue weighted by atomic mass is 32.2. The lowest BCUT2D eigenvalue weighted by Crippen LogP contribution is -2.36.